The van der Waals surface area contributed by atoms with E-state index in [-0.39, 0.29) is 11.9 Å². The molecule has 3 nitrogen and oxygen atoms in total. The standard InChI is InChI=1S/C16H21ClFN3/c1-4-19-15(16-8-11(3)20-21(16)5-2)10-12-9-13(17)6-7-14(12)18/h6-9,15,19H,4-5,10H2,1-3H3. The normalized spacial score (nSPS) is 12.6. The van der Waals surface area contributed by atoms with Crippen LogP contribution >= 0.6 is 11.6 Å². The van der Waals surface area contributed by atoms with E-state index in [1.54, 1.807) is 12.1 Å². The Morgan fingerprint density at radius 1 is 1.33 bits per heavy atom. The van der Waals surface area contributed by atoms with Gasteiger partial charge in [0.1, 0.15) is 5.82 Å². The summed E-state index contributed by atoms with van der Waals surface area (Å²) in [4.78, 5) is 0. The highest BCUT2D eigenvalue weighted by Crippen LogP contribution is 2.23. The highest BCUT2D eigenvalue weighted by atomic mass is 35.5. The molecule has 1 aromatic carbocycles. The lowest BCUT2D eigenvalue weighted by atomic mass is 10.0. The molecule has 0 aliphatic heterocycles. The van der Waals surface area contributed by atoms with Crippen LogP contribution in [0.25, 0.3) is 0 Å². The summed E-state index contributed by atoms with van der Waals surface area (Å²) in [5.41, 5.74) is 2.67. The molecule has 1 unspecified atom stereocenters. The van der Waals surface area contributed by atoms with Crippen LogP contribution in [0.1, 0.15) is 36.8 Å². The third-order valence-corrected chi connectivity index (χ3v) is 3.71. The molecule has 0 spiro atoms. The molecule has 0 aliphatic carbocycles. The van der Waals surface area contributed by atoms with Crippen LogP contribution in [-0.4, -0.2) is 16.3 Å². The molecule has 0 saturated heterocycles. The fraction of sp³-hybridized carbons (Fsp3) is 0.438. The Balaban J connectivity index is 2.32. The van der Waals surface area contributed by atoms with Crippen LogP contribution in [0.15, 0.2) is 24.3 Å². The molecule has 1 aromatic heterocycles. The van der Waals surface area contributed by atoms with Gasteiger partial charge in [0, 0.05) is 11.6 Å². The molecule has 0 aliphatic rings. The van der Waals surface area contributed by atoms with Gasteiger partial charge in [-0.05, 0) is 56.6 Å². The van der Waals surface area contributed by atoms with Gasteiger partial charge in [0.05, 0.1) is 17.4 Å². The van der Waals surface area contributed by atoms with E-state index >= 15 is 0 Å². The van der Waals surface area contributed by atoms with Gasteiger partial charge >= 0.3 is 0 Å². The molecule has 2 rings (SSSR count). The number of nitrogens with zero attached hydrogens (tertiary/aromatic N) is 2. The first kappa shape index (κ1) is 16.0. The van der Waals surface area contributed by atoms with Crippen molar-refractivity contribution in [2.75, 3.05) is 6.54 Å². The van der Waals surface area contributed by atoms with Gasteiger partial charge in [0.15, 0.2) is 0 Å². The number of benzene rings is 1. The molecule has 0 radical (unpaired) electrons. The number of likely N-dealkylation sites (N-methyl/N-ethyl adjacent to an activating group) is 1. The molecule has 0 amide bonds. The van der Waals surface area contributed by atoms with Crippen molar-refractivity contribution in [3.63, 3.8) is 0 Å². The molecule has 1 heterocycles. The summed E-state index contributed by atoms with van der Waals surface area (Å²) in [5.74, 6) is -0.221. The van der Waals surface area contributed by atoms with Crippen LogP contribution in [0, 0.1) is 12.7 Å². The number of rotatable bonds is 6. The lowest BCUT2D eigenvalue weighted by Crippen LogP contribution is -2.26. The van der Waals surface area contributed by atoms with Crippen LogP contribution < -0.4 is 5.32 Å². The minimum absolute atomic E-state index is 0.0177. The molecular formula is C16H21ClFN3. The quantitative estimate of drug-likeness (QED) is 0.877. The molecule has 0 fully saturated rings. The minimum atomic E-state index is -0.221. The van der Waals surface area contributed by atoms with Crippen molar-refractivity contribution in [2.24, 2.45) is 0 Å². The van der Waals surface area contributed by atoms with E-state index in [9.17, 15) is 4.39 Å². The number of aromatic nitrogens is 2. The van der Waals surface area contributed by atoms with Crippen molar-refractivity contribution in [3.8, 4) is 0 Å². The summed E-state index contributed by atoms with van der Waals surface area (Å²) in [6.45, 7) is 7.67. The number of halogens is 2. The first-order valence-corrected chi connectivity index (χ1v) is 7.64. The highest BCUT2D eigenvalue weighted by Gasteiger charge is 2.18. The second kappa shape index (κ2) is 7.05. The molecular weight excluding hydrogens is 289 g/mol. The number of hydrogen-bond acceptors (Lipinski definition) is 2. The van der Waals surface area contributed by atoms with Crippen molar-refractivity contribution in [3.05, 3.63) is 52.1 Å². The molecule has 1 atom stereocenters. The van der Waals surface area contributed by atoms with Gasteiger partial charge in [0.2, 0.25) is 0 Å². The summed E-state index contributed by atoms with van der Waals surface area (Å²) in [7, 11) is 0. The zero-order chi connectivity index (χ0) is 15.4. The van der Waals surface area contributed by atoms with Gasteiger partial charge in [-0.2, -0.15) is 5.10 Å². The summed E-state index contributed by atoms with van der Waals surface area (Å²) in [6.07, 6.45) is 0.547. The maximum absolute atomic E-state index is 14.0. The van der Waals surface area contributed by atoms with Crippen LogP contribution in [0.3, 0.4) is 0 Å². The number of hydrogen-bond donors (Lipinski definition) is 1. The molecule has 114 valence electrons. The van der Waals surface area contributed by atoms with Crippen LogP contribution in [0.2, 0.25) is 5.02 Å². The summed E-state index contributed by atoms with van der Waals surface area (Å²) in [5, 5.41) is 8.44. The predicted molar refractivity (Wildman–Crippen MR) is 84.2 cm³/mol. The zero-order valence-electron chi connectivity index (χ0n) is 12.7. The van der Waals surface area contributed by atoms with Gasteiger partial charge < -0.3 is 5.32 Å². The summed E-state index contributed by atoms with van der Waals surface area (Å²) >= 11 is 5.98. The predicted octanol–water partition coefficient (Wildman–Crippen LogP) is 3.90. The van der Waals surface area contributed by atoms with Crippen LogP contribution in [0.5, 0.6) is 0 Å². The summed E-state index contributed by atoms with van der Waals surface area (Å²) < 4.78 is 15.9. The van der Waals surface area contributed by atoms with Gasteiger partial charge in [-0.1, -0.05) is 18.5 Å². The van der Waals surface area contributed by atoms with Crippen molar-refractivity contribution >= 4 is 11.6 Å². The Morgan fingerprint density at radius 2 is 2.10 bits per heavy atom. The van der Waals surface area contributed by atoms with Crippen molar-refractivity contribution < 1.29 is 4.39 Å². The van der Waals surface area contributed by atoms with E-state index in [2.05, 4.69) is 23.4 Å². The van der Waals surface area contributed by atoms with E-state index < -0.39 is 0 Å². The Labute approximate surface area is 130 Å². The third-order valence-electron chi connectivity index (χ3n) is 3.47. The topological polar surface area (TPSA) is 29.9 Å². The molecule has 5 heteroatoms. The Morgan fingerprint density at radius 3 is 2.76 bits per heavy atom. The fourth-order valence-electron chi connectivity index (χ4n) is 2.55. The first-order valence-electron chi connectivity index (χ1n) is 7.26. The van der Waals surface area contributed by atoms with Crippen molar-refractivity contribution in [2.45, 2.75) is 39.8 Å². The molecule has 2 aromatic rings. The Hall–Kier alpha value is -1.39. The summed E-state index contributed by atoms with van der Waals surface area (Å²) in [6, 6.07) is 6.76. The first-order chi connectivity index (χ1) is 10.0. The Kier molecular flexibility index (Phi) is 5.37. The lowest BCUT2D eigenvalue weighted by Gasteiger charge is -2.19. The van der Waals surface area contributed by atoms with Gasteiger partial charge in [-0.15, -0.1) is 0 Å². The fourth-order valence-corrected chi connectivity index (χ4v) is 2.74. The second-order valence-electron chi connectivity index (χ2n) is 5.08. The maximum atomic E-state index is 14.0. The van der Waals surface area contributed by atoms with E-state index in [1.807, 2.05) is 18.5 Å². The third kappa shape index (κ3) is 3.83. The molecule has 1 N–H and O–H groups in total. The SMILES string of the molecule is CCNC(Cc1cc(Cl)ccc1F)c1cc(C)nn1CC. The van der Waals surface area contributed by atoms with E-state index in [1.165, 1.54) is 6.07 Å². The zero-order valence-corrected chi connectivity index (χ0v) is 13.4. The minimum Gasteiger partial charge on any atom is -0.309 e. The van der Waals surface area contributed by atoms with Crippen LogP contribution in [-0.2, 0) is 13.0 Å². The number of aryl methyl sites for hydroxylation is 2. The van der Waals surface area contributed by atoms with E-state index in [0.29, 0.717) is 17.0 Å². The molecule has 0 bridgehead atoms. The monoisotopic (exact) mass is 309 g/mol. The largest absolute Gasteiger partial charge is 0.309 e. The molecule has 0 saturated carbocycles. The number of nitrogens with one attached hydrogen (secondary N) is 1. The van der Waals surface area contributed by atoms with Gasteiger partial charge in [-0.3, -0.25) is 4.68 Å². The average Bonchev–Trinajstić information content (AvgIpc) is 2.83. The van der Waals surface area contributed by atoms with Crippen molar-refractivity contribution in [1.82, 2.24) is 15.1 Å². The highest BCUT2D eigenvalue weighted by molar-refractivity contribution is 6.30. The van der Waals surface area contributed by atoms with E-state index in [4.69, 9.17) is 11.6 Å². The average molecular weight is 310 g/mol. The van der Waals surface area contributed by atoms with Crippen LogP contribution in [0.4, 0.5) is 4.39 Å². The van der Waals surface area contributed by atoms with Crippen molar-refractivity contribution in [1.29, 1.82) is 0 Å². The van der Waals surface area contributed by atoms with E-state index in [0.717, 1.165) is 24.5 Å². The second-order valence-corrected chi connectivity index (χ2v) is 5.51. The maximum Gasteiger partial charge on any atom is 0.126 e. The Bertz CT molecular complexity index is 610. The lowest BCUT2D eigenvalue weighted by molar-refractivity contribution is 0.480. The van der Waals surface area contributed by atoms with Gasteiger partial charge in [0.25, 0.3) is 0 Å². The molecule has 21 heavy (non-hydrogen) atoms. The van der Waals surface area contributed by atoms with Gasteiger partial charge in [-0.25, -0.2) is 4.39 Å². The smallest absolute Gasteiger partial charge is 0.126 e.